The molecule has 2 rings (SSSR count). The number of nitrogens with one attached hydrogen (secondary N) is 2. The van der Waals surface area contributed by atoms with Crippen LogP contribution in [0, 0.1) is 6.92 Å². The molecule has 7 nitrogen and oxygen atoms in total. The number of H-pyrrole nitrogens is 1. The molecular weight excluding hydrogens is 246 g/mol. The molecule has 0 saturated heterocycles. The first-order valence-corrected chi connectivity index (χ1v) is 6.15. The third-order valence-electron chi connectivity index (χ3n) is 2.90. The van der Waals surface area contributed by atoms with Crippen LogP contribution < -0.4 is 5.32 Å². The molecule has 0 atom stereocenters. The predicted octanol–water partition coefficient (Wildman–Crippen LogP) is 0.613. The molecule has 0 spiro atoms. The van der Waals surface area contributed by atoms with E-state index in [2.05, 4.69) is 20.5 Å². The number of aromatic hydroxyl groups is 1. The fourth-order valence-corrected chi connectivity index (χ4v) is 1.82. The van der Waals surface area contributed by atoms with Crippen molar-refractivity contribution in [1.82, 2.24) is 25.1 Å². The summed E-state index contributed by atoms with van der Waals surface area (Å²) in [6.07, 6.45) is 4.47. The van der Waals surface area contributed by atoms with Gasteiger partial charge in [0.25, 0.3) is 5.91 Å². The highest BCUT2D eigenvalue weighted by atomic mass is 16.3. The summed E-state index contributed by atoms with van der Waals surface area (Å²) in [5.74, 6) is 0.514. The number of rotatable bonds is 5. The number of carbonyl (C=O) groups excluding carboxylic acids is 1. The highest BCUT2D eigenvalue weighted by Gasteiger charge is 2.15. The molecule has 0 aliphatic rings. The number of aromatic amines is 1. The van der Waals surface area contributed by atoms with Crippen molar-refractivity contribution >= 4 is 5.91 Å². The smallest absolute Gasteiger partial charge is 0.273 e. The van der Waals surface area contributed by atoms with Crippen molar-refractivity contribution in [3.05, 3.63) is 29.6 Å². The van der Waals surface area contributed by atoms with Crippen molar-refractivity contribution in [2.75, 3.05) is 6.54 Å². The van der Waals surface area contributed by atoms with Gasteiger partial charge in [-0.1, -0.05) is 6.92 Å². The summed E-state index contributed by atoms with van der Waals surface area (Å²) in [4.78, 5) is 16.0. The summed E-state index contributed by atoms with van der Waals surface area (Å²) in [5.41, 5.74) is 0.506. The second-order valence-electron chi connectivity index (χ2n) is 4.18. The molecule has 0 fully saturated rings. The number of aromatic nitrogens is 4. The summed E-state index contributed by atoms with van der Waals surface area (Å²) in [6.45, 7) is 4.76. The van der Waals surface area contributed by atoms with Crippen LogP contribution in [-0.2, 0) is 13.0 Å². The SMILES string of the molecule is CCc1nccn1CCNC(=O)c1[nH]nc(C)c1O. The highest BCUT2D eigenvalue weighted by Crippen LogP contribution is 2.17. The number of hydrogen-bond donors (Lipinski definition) is 3. The quantitative estimate of drug-likeness (QED) is 0.736. The topological polar surface area (TPSA) is 95.8 Å². The largest absolute Gasteiger partial charge is 0.504 e. The molecule has 0 saturated carbocycles. The van der Waals surface area contributed by atoms with Gasteiger partial charge in [0.05, 0.1) is 0 Å². The van der Waals surface area contributed by atoms with E-state index in [4.69, 9.17) is 0 Å². The molecule has 0 bridgehead atoms. The van der Waals surface area contributed by atoms with Crippen LogP contribution >= 0.6 is 0 Å². The summed E-state index contributed by atoms with van der Waals surface area (Å²) in [6, 6.07) is 0. The van der Waals surface area contributed by atoms with Gasteiger partial charge in [0.15, 0.2) is 11.4 Å². The van der Waals surface area contributed by atoms with Crippen molar-refractivity contribution in [2.24, 2.45) is 0 Å². The van der Waals surface area contributed by atoms with Gasteiger partial charge in [0, 0.05) is 31.9 Å². The molecule has 102 valence electrons. The lowest BCUT2D eigenvalue weighted by Gasteiger charge is -2.07. The number of aryl methyl sites for hydroxylation is 2. The van der Waals surface area contributed by atoms with Crippen LogP contribution in [0.2, 0.25) is 0 Å². The molecule has 3 N–H and O–H groups in total. The number of imidazole rings is 1. The normalized spacial score (nSPS) is 10.6. The van der Waals surface area contributed by atoms with E-state index in [-0.39, 0.29) is 17.4 Å². The molecular formula is C12H17N5O2. The van der Waals surface area contributed by atoms with E-state index >= 15 is 0 Å². The van der Waals surface area contributed by atoms with E-state index in [9.17, 15) is 9.90 Å². The minimum atomic E-state index is -0.365. The standard InChI is InChI=1S/C12H17N5O2/c1-3-9-13-4-6-17(9)7-5-14-12(19)10-11(18)8(2)15-16-10/h4,6,18H,3,5,7H2,1-2H3,(H,14,19)(H,15,16). The van der Waals surface area contributed by atoms with Crippen LogP contribution in [0.4, 0.5) is 0 Å². The van der Waals surface area contributed by atoms with Gasteiger partial charge in [0.2, 0.25) is 0 Å². The lowest BCUT2D eigenvalue weighted by atomic mass is 10.3. The third kappa shape index (κ3) is 2.75. The zero-order valence-corrected chi connectivity index (χ0v) is 11.0. The van der Waals surface area contributed by atoms with Crippen LogP contribution in [-0.4, -0.2) is 37.3 Å². The fourth-order valence-electron chi connectivity index (χ4n) is 1.82. The van der Waals surface area contributed by atoms with Gasteiger partial charge in [-0.3, -0.25) is 9.89 Å². The Kier molecular flexibility index (Phi) is 3.84. The molecule has 7 heteroatoms. The first-order chi connectivity index (χ1) is 9.13. The third-order valence-corrected chi connectivity index (χ3v) is 2.90. The fraction of sp³-hybridized carbons (Fsp3) is 0.417. The van der Waals surface area contributed by atoms with Crippen LogP contribution in [0.15, 0.2) is 12.4 Å². The Morgan fingerprint density at radius 3 is 3.00 bits per heavy atom. The number of amides is 1. The van der Waals surface area contributed by atoms with Gasteiger partial charge in [-0.2, -0.15) is 5.10 Å². The number of nitrogens with zero attached hydrogens (tertiary/aromatic N) is 3. The lowest BCUT2D eigenvalue weighted by molar-refractivity contribution is 0.0944. The molecule has 0 aliphatic carbocycles. The average Bonchev–Trinajstić information content (AvgIpc) is 2.97. The maximum atomic E-state index is 11.8. The van der Waals surface area contributed by atoms with E-state index in [1.807, 2.05) is 17.7 Å². The Labute approximate surface area is 110 Å². The van der Waals surface area contributed by atoms with Crippen LogP contribution in [0.3, 0.4) is 0 Å². The van der Waals surface area contributed by atoms with E-state index in [1.54, 1.807) is 13.1 Å². The van der Waals surface area contributed by atoms with Crippen molar-refractivity contribution < 1.29 is 9.90 Å². The van der Waals surface area contributed by atoms with Gasteiger partial charge in [-0.15, -0.1) is 0 Å². The summed E-state index contributed by atoms with van der Waals surface area (Å²) < 4.78 is 1.98. The number of hydrogen-bond acceptors (Lipinski definition) is 4. The molecule has 0 radical (unpaired) electrons. The molecule has 0 aromatic carbocycles. The highest BCUT2D eigenvalue weighted by molar-refractivity contribution is 5.95. The molecule has 19 heavy (non-hydrogen) atoms. The Bertz CT molecular complexity index is 572. The van der Waals surface area contributed by atoms with E-state index in [0.29, 0.717) is 18.8 Å². The maximum Gasteiger partial charge on any atom is 0.273 e. The van der Waals surface area contributed by atoms with Crippen molar-refractivity contribution in [1.29, 1.82) is 0 Å². The van der Waals surface area contributed by atoms with Gasteiger partial charge in [-0.25, -0.2) is 4.98 Å². The molecule has 2 heterocycles. The molecule has 1 amide bonds. The first kappa shape index (κ1) is 13.1. The van der Waals surface area contributed by atoms with Gasteiger partial charge >= 0.3 is 0 Å². The van der Waals surface area contributed by atoms with Crippen molar-refractivity contribution in [2.45, 2.75) is 26.8 Å². The van der Waals surface area contributed by atoms with E-state index in [0.717, 1.165) is 12.2 Å². The van der Waals surface area contributed by atoms with E-state index < -0.39 is 0 Å². The monoisotopic (exact) mass is 263 g/mol. The van der Waals surface area contributed by atoms with Crippen molar-refractivity contribution in [3.8, 4) is 5.75 Å². The Hall–Kier alpha value is -2.31. The number of carbonyl (C=O) groups is 1. The molecule has 2 aromatic rings. The summed E-state index contributed by atoms with van der Waals surface area (Å²) in [5, 5.41) is 18.6. The van der Waals surface area contributed by atoms with Gasteiger partial charge in [-0.05, 0) is 6.92 Å². The lowest BCUT2D eigenvalue weighted by Crippen LogP contribution is -2.27. The van der Waals surface area contributed by atoms with Gasteiger partial charge in [0.1, 0.15) is 11.5 Å². The molecule has 0 aliphatic heterocycles. The average molecular weight is 263 g/mol. The molecule has 0 unspecified atom stereocenters. The zero-order valence-electron chi connectivity index (χ0n) is 11.0. The Morgan fingerprint density at radius 1 is 1.58 bits per heavy atom. The van der Waals surface area contributed by atoms with E-state index in [1.165, 1.54) is 0 Å². The first-order valence-electron chi connectivity index (χ1n) is 6.15. The van der Waals surface area contributed by atoms with Crippen LogP contribution in [0.5, 0.6) is 5.75 Å². The van der Waals surface area contributed by atoms with Gasteiger partial charge < -0.3 is 15.0 Å². The minimum Gasteiger partial charge on any atom is -0.504 e. The summed E-state index contributed by atoms with van der Waals surface area (Å²) >= 11 is 0. The summed E-state index contributed by atoms with van der Waals surface area (Å²) in [7, 11) is 0. The van der Waals surface area contributed by atoms with Crippen LogP contribution in [0.25, 0.3) is 0 Å². The molecule has 2 aromatic heterocycles. The van der Waals surface area contributed by atoms with Crippen molar-refractivity contribution in [3.63, 3.8) is 0 Å². The minimum absolute atomic E-state index is 0.0962. The predicted molar refractivity (Wildman–Crippen MR) is 68.9 cm³/mol. The zero-order chi connectivity index (χ0) is 13.8. The second kappa shape index (κ2) is 5.55. The Morgan fingerprint density at radius 2 is 2.37 bits per heavy atom. The Balaban J connectivity index is 1.89. The second-order valence-corrected chi connectivity index (χ2v) is 4.18. The van der Waals surface area contributed by atoms with Crippen LogP contribution in [0.1, 0.15) is 28.9 Å². The maximum absolute atomic E-state index is 11.8.